The minimum atomic E-state index is -1.06. The lowest BCUT2D eigenvalue weighted by Crippen LogP contribution is -2.45. The lowest BCUT2D eigenvalue weighted by molar-refractivity contribution is -0.141. The van der Waals surface area contributed by atoms with E-state index in [1.165, 1.54) is 12.0 Å². The van der Waals surface area contributed by atoms with Crippen molar-refractivity contribution in [3.05, 3.63) is 0 Å². The Kier molecular flexibility index (Phi) is 22.7. The predicted octanol–water partition coefficient (Wildman–Crippen LogP) is 3.13. The van der Waals surface area contributed by atoms with Gasteiger partial charge in [0.1, 0.15) is 12.1 Å². The molecule has 2 atom stereocenters. The molecule has 0 radical (unpaired) electrons. The first-order valence-corrected chi connectivity index (χ1v) is 9.47. The molecule has 0 aromatic heterocycles. The number of ether oxygens (including phenoxy) is 2. The van der Waals surface area contributed by atoms with Gasteiger partial charge in [0, 0.05) is 25.0 Å². The summed E-state index contributed by atoms with van der Waals surface area (Å²) < 4.78 is 9.65. The minimum absolute atomic E-state index is 0. The maximum Gasteiger partial charge on any atom is 0.410 e. The maximum atomic E-state index is 11.8. The molecule has 0 aromatic carbocycles. The number of rotatable bonds is 10. The van der Waals surface area contributed by atoms with E-state index in [9.17, 15) is 14.4 Å². The number of carbonyl (C=O) groups is 3. The lowest BCUT2D eigenvalue weighted by atomic mass is 10.1. The van der Waals surface area contributed by atoms with Gasteiger partial charge in [-0.2, -0.15) is 0 Å². The number of hydrogen-bond donors (Lipinski definition) is 3. The average Bonchev–Trinajstić information content (AvgIpc) is 2.59. The number of nitrogens with one attached hydrogen (secondary N) is 2. The second-order valence-electron chi connectivity index (χ2n) is 7.60. The van der Waals surface area contributed by atoms with Gasteiger partial charge in [-0.3, -0.25) is 14.5 Å². The molecule has 0 aliphatic carbocycles. The molecule has 0 bridgehead atoms. The van der Waals surface area contributed by atoms with Crippen molar-refractivity contribution in [2.24, 2.45) is 0 Å². The molecule has 30 heavy (non-hydrogen) atoms. The van der Waals surface area contributed by atoms with Gasteiger partial charge in [-0.05, 0) is 61.6 Å². The molecule has 0 aliphatic heterocycles. The topological polar surface area (TPSA) is 117 Å². The van der Waals surface area contributed by atoms with Crippen molar-refractivity contribution < 1.29 is 29.0 Å². The number of likely N-dealkylation sites (N-methyl/N-ethyl adjacent to an activating group) is 1. The van der Waals surface area contributed by atoms with Crippen LogP contribution in [0, 0.1) is 0 Å². The van der Waals surface area contributed by atoms with E-state index >= 15 is 0 Å². The largest absolute Gasteiger partial charge is 0.480 e. The van der Waals surface area contributed by atoms with Crippen LogP contribution in [0.25, 0.3) is 0 Å². The van der Waals surface area contributed by atoms with Crippen LogP contribution in [0.1, 0.15) is 68.7 Å². The van der Waals surface area contributed by atoms with Crippen molar-refractivity contribution in [3.8, 4) is 0 Å². The van der Waals surface area contributed by atoms with Crippen LogP contribution in [0.2, 0.25) is 0 Å². The maximum absolute atomic E-state index is 11.8. The number of carboxylic acid groups (broad SMARTS) is 1. The lowest BCUT2D eigenvalue weighted by Gasteiger charge is -2.28. The fourth-order valence-corrected chi connectivity index (χ4v) is 1.91. The van der Waals surface area contributed by atoms with E-state index in [1.807, 2.05) is 14.0 Å². The van der Waals surface area contributed by atoms with Crippen molar-refractivity contribution in [2.75, 3.05) is 34.3 Å². The minimum Gasteiger partial charge on any atom is -0.480 e. The zero-order chi connectivity index (χ0) is 22.3. The molecule has 9 heteroatoms. The van der Waals surface area contributed by atoms with Crippen LogP contribution in [-0.4, -0.2) is 80.0 Å². The highest BCUT2D eigenvalue weighted by atomic mass is 16.6. The van der Waals surface area contributed by atoms with Crippen LogP contribution in [-0.2, 0) is 19.1 Å². The van der Waals surface area contributed by atoms with E-state index < -0.39 is 17.7 Å². The van der Waals surface area contributed by atoms with Gasteiger partial charge in [0.2, 0.25) is 0 Å². The Balaban J connectivity index is -0.000000228. The molecule has 9 nitrogen and oxygen atoms in total. The SMILES string of the molecule is C.C.CNC(C)CCCC(=O)OC.CNC(C)CN(CC(=O)O)C(=O)OC(C)(C)C. The Hall–Kier alpha value is -1.87. The number of methoxy groups -OCH3 is 1. The summed E-state index contributed by atoms with van der Waals surface area (Å²) in [6.45, 7) is 9.11. The molecule has 0 rings (SSSR count). The molecule has 2 unspecified atom stereocenters. The van der Waals surface area contributed by atoms with Crippen molar-refractivity contribution in [3.63, 3.8) is 0 Å². The summed E-state index contributed by atoms with van der Waals surface area (Å²) in [6.07, 6.45) is 1.84. The van der Waals surface area contributed by atoms with Gasteiger partial charge in [0.25, 0.3) is 0 Å². The summed E-state index contributed by atoms with van der Waals surface area (Å²) in [4.78, 5) is 34.3. The Morgan fingerprint density at radius 2 is 1.53 bits per heavy atom. The highest BCUT2D eigenvalue weighted by Crippen LogP contribution is 2.10. The second kappa shape index (κ2) is 19.1. The summed E-state index contributed by atoms with van der Waals surface area (Å²) in [5.74, 6) is -1.17. The normalized spacial score (nSPS) is 12.0. The zero-order valence-electron chi connectivity index (χ0n) is 18.6. The molecule has 182 valence electrons. The first-order valence-electron chi connectivity index (χ1n) is 9.47. The van der Waals surface area contributed by atoms with Gasteiger partial charge in [0.05, 0.1) is 7.11 Å². The van der Waals surface area contributed by atoms with Crippen LogP contribution in [0.4, 0.5) is 4.79 Å². The number of aliphatic carboxylic acids is 1. The number of carbonyl (C=O) groups excluding carboxylic acids is 2. The monoisotopic (exact) mass is 437 g/mol. The summed E-state index contributed by atoms with van der Waals surface area (Å²) in [6, 6.07) is 0.488. The fraction of sp³-hybridized carbons (Fsp3) is 0.857. The van der Waals surface area contributed by atoms with Crippen LogP contribution < -0.4 is 10.6 Å². The summed E-state index contributed by atoms with van der Waals surface area (Å²) in [5, 5.41) is 14.8. The number of nitrogens with zero attached hydrogens (tertiary/aromatic N) is 1. The molecule has 1 amide bonds. The van der Waals surface area contributed by atoms with Gasteiger partial charge in [-0.1, -0.05) is 14.9 Å². The third-order valence-electron chi connectivity index (χ3n) is 3.70. The molecule has 3 N–H and O–H groups in total. The van der Waals surface area contributed by atoms with E-state index in [0.29, 0.717) is 12.5 Å². The number of carboxylic acids is 1. The molecule has 0 spiro atoms. The van der Waals surface area contributed by atoms with Crippen LogP contribution >= 0.6 is 0 Å². The Morgan fingerprint density at radius 3 is 1.90 bits per heavy atom. The van der Waals surface area contributed by atoms with Crippen molar-refractivity contribution >= 4 is 18.0 Å². The van der Waals surface area contributed by atoms with Crippen molar-refractivity contribution in [2.45, 2.75) is 86.4 Å². The Bertz CT molecular complexity index is 466. The van der Waals surface area contributed by atoms with E-state index in [-0.39, 0.29) is 40.0 Å². The first-order chi connectivity index (χ1) is 12.9. The van der Waals surface area contributed by atoms with E-state index in [1.54, 1.807) is 27.8 Å². The Morgan fingerprint density at radius 1 is 1.03 bits per heavy atom. The van der Waals surface area contributed by atoms with Crippen LogP contribution in [0.3, 0.4) is 0 Å². The molecule has 0 aromatic rings. The quantitative estimate of drug-likeness (QED) is 0.446. The third-order valence-corrected chi connectivity index (χ3v) is 3.70. The highest BCUT2D eigenvalue weighted by Gasteiger charge is 2.24. The van der Waals surface area contributed by atoms with Crippen LogP contribution in [0.5, 0.6) is 0 Å². The van der Waals surface area contributed by atoms with Crippen molar-refractivity contribution in [1.82, 2.24) is 15.5 Å². The Labute approximate surface area is 183 Å². The van der Waals surface area contributed by atoms with Crippen LogP contribution in [0.15, 0.2) is 0 Å². The van der Waals surface area contributed by atoms with Crippen molar-refractivity contribution in [1.29, 1.82) is 0 Å². The first kappa shape index (κ1) is 35.6. The molecule has 0 saturated carbocycles. The fourth-order valence-electron chi connectivity index (χ4n) is 1.91. The third kappa shape index (κ3) is 22.4. The summed E-state index contributed by atoms with van der Waals surface area (Å²) in [5.41, 5.74) is -0.628. The summed E-state index contributed by atoms with van der Waals surface area (Å²) in [7, 11) is 5.09. The molecule has 0 fully saturated rings. The second-order valence-corrected chi connectivity index (χ2v) is 7.60. The van der Waals surface area contributed by atoms with E-state index in [0.717, 1.165) is 12.8 Å². The van der Waals surface area contributed by atoms with E-state index in [2.05, 4.69) is 22.3 Å². The number of amides is 1. The molecule has 0 heterocycles. The van der Waals surface area contributed by atoms with E-state index in [4.69, 9.17) is 9.84 Å². The molecule has 0 aliphatic rings. The highest BCUT2D eigenvalue weighted by molar-refractivity contribution is 5.77. The number of hydrogen-bond acceptors (Lipinski definition) is 7. The van der Waals surface area contributed by atoms with Gasteiger partial charge in [-0.25, -0.2) is 4.79 Å². The number of esters is 1. The van der Waals surface area contributed by atoms with Gasteiger partial charge in [-0.15, -0.1) is 0 Å². The molecular weight excluding hydrogens is 390 g/mol. The molecular formula is C21H47N3O6. The smallest absolute Gasteiger partial charge is 0.410 e. The molecule has 0 saturated heterocycles. The van der Waals surface area contributed by atoms with Gasteiger partial charge >= 0.3 is 18.0 Å². The zero-order valence-corrected chi connectivity index (χ0v) is 18.6. The predicted molar refractivity (Wildman–Crippen MR) is 122 cm³/mol. The van der Waals surface area contributed by atoms with Gasteiger partial charge < -0.3 is 25.2 Å². The average molecular weight is 438 g/mol. The standard InChI is InChI=1S/C11H22N2O4.C8H17NO2.2CH4/c1-8(12-5)6-13(7-9(14)15)10(16)17-11(2,3)4;1-7(9-2)5-4-6-8(10)11-3;;/h8,12H,6-7H2,1-5H3,(H,14,15);7,9H,4-6H2,1-3H3;2*1H4. The summed E-state index contributed by atoms with van der Waals surface area (Å²) >= 11 is 0. The van der Waals surface area contributed by atoms with Gasteiger partial charge in [0.15, 0.2) is 0 Å².